The topological polar surface area (TPSA) is 50.8 Å². The maximum absolute atomic E-state index is 5.68. The van der Waals surface area contributed by atoms with Crippen molar-refractivity contribution >= 4 is 5.96 Å². The molecule has 0 bridgehead atoms. The molecule has 0 aromatic rings. The van der Waals surface area contributed by atoms with E-state index in [4.69, 9.17) is 10.5 Å². The van der Waals surface area contributed by atoms with E-state index in [-0.39, 0.29) is 0 Å². The predicted molar refractivity (Wildman–Crippen MR) is 63.0 cm³/mol. The SMILES string of the molecule is CN(C)C(N)=NCCC[C@H]1CCCCO1. The zero-order valence-electron chi connectivity index (χ0n) is 9.91. The van der Waals surface area contributed by atoms with Gasteiger partial charge in [0, 0.05) is 27.2 Å². The fourth-order valence-corrected chi connectivity index (χ4v) is 1.69. The molecule has 0 radical (unpaired) electrons. The molecule has 0 aliphatic carbocycles. The Bertz CT molecular complexity index is 198. The van der Waals surface area contributed by atoms with Crippen LogP contribution in [0.2, 0.25) is 0 Å². The number of nitrogens with zero attached hydrogens (tertiary/aromatic N) is 2. The first-order chi connectivity index (χ1) is 7.20. The average Bonchev–Trinajstić information content (AvgIpc) is 2.25. The quantitative estimate of drug-likeness (QED) is 0.434. The Hall–Kier alpha value is -0.770. The second-order valence-electron chi connectivity index (χ2n) is 4.27. The highest BCUT2D eigenvalue weighted by molar-refractivity contribution is 5.77. The molecule has 1 atom stereocenters. The van der Waals surface area contributed by atoms with Crippen molar-refractivity contribution in [2.24, 2.45) is 10.7 Å². The van der Waals surface area contributed by atoms with E-state index < -0.39 is 0 Å². The van der Waals surface area contributed by atoms with Crippen LogP contribution in [0.25, 0.3) is 0 Å². The van der Waals surface area contributed by atoms with Crippen molar-refractivity contribution in [3.05, 3.63) is 0 Å². The van der Waals surface area contributed by atoms with Gasteiger partial charge in [0.2, 0.25) is 0 Å². The average molecular weight is 213 g/mol. The number of aliphatic imine (C=N–C) groups is 1. The monoisotopic (exact) mass is 213 g/mol. The summed E-state index contributed by atoms with van der Waals surface area (Å²) < 4.78 is 5.64. The molecule has 1 fully saturated rings. The number of hydrogen-bond donors (Lipinski definition) is 1. The summed E-state index contributed by atoms with van der Waals surface area (Å²) in [5.74, 6) is 0.611. The van der Waals surface area contributed by atoms with Gasteiger partial charge in [0.05, 0.1) is 6.10 Å². The van der Waals surface area contributed by atoms with Gasteiger partial charge in [-0.25, -0.2) is 0 Å². The summed E-state index contributed by atoms with van der Waals surface area (Å²) in [6.07, 6.45) is 6.40. The van der Waals surface area contributed by atoms with Gasteiger partial charge in [0.1, 0.15) is 0 Å². The van der Waals surface area contributed by atoms with Crippen LogP contribution in [0.3, 0.4) is 0 Å². The first kappa shape index (κ1) is 12.3. The molecule has 2 N–H and O–H groups in total. The summed E-state index contributed by atoms with van der Waals surface area (Å²) in [6, 6.07) is 0. The summed E-state index contributed by atoms with van der Waals surface area (Å²) in [4.78, 5) is 6.10. The van der Waals surface area contributed by atoms with Gasteiger partial charge in [-0.15, -0.1) is 0 Å². The van der Waals surface area contributed by atoms with E-state index in [0.717, 1.165) is 26.0 Å². The van der Waals surface area contributed by atoms with E-state index in [9.17, 15) is 0 Å². The second-order valence-corrected chi connectivity index (χ2v) is 4.27. The van der Waals surface area contributed by atoms with Gasteiger partial charge >= 0.3 is 0 Å². The number of hydrogen-bond acceptors (Lipinski definition) is 2. The Morgan fingerprint density at radius 3 is 2.87 bits per heavy atom. The summed E-state index contributed by atoms with van der Waals surface area (Å²) in [5, 5.41) is 0. The van der Waals surface area contributed by atoms with Gasteiger partial charge in [-0.2, -0.15) is 0 Å². The highest BCUT2D eigenvalue weighted by Gasteiger charge is 2.12. The van der Waals surface area contributed by atoms with Crippen LogP contribution < -0.4 is 5.73 Å². The third kappa shape index (κ3) is 5.02. The lowest BCUT2D eigenvalue weighted by Gasteiger charge is -2.22. The molecule has 1 heterocycles. The number of ether oxygens (including phenoxy) is 1. The Labute approximate surface area is 92.5 Å². The van der Waals surface area contributed by atoms with E-state index in [1.165, 1.54) is 19.3 Å². The van der Waals surface area contributed by atoms with E-state index in [1.54, 1.807) is 0 Å². The minimum absolute atomic E-state index is 0.467. The van der Waals surface area contributed by atoms with E-state index in [0.29, 0.717) is 12.1 Å². The number of nitrogens with two attached hydrogens (primary N) is 1. The van der Waals surface area contributed by atoms with Crippen LogP contribution >= 0.6 is 0 Å². The van der Waals surface area contributed by atoms with Gasteiger partial charge < -0.3 is 15.4 Å². The molecule has 4 heteroatoms. The van der Waals surface area contributed by atoms with Crippen molar-refractivity contribution in [2.45, 2.75) is 38.2 Å². The Kier molecular flexibility index (Phi) is 5.47. The molecule has 1 aliphatic heterocycles. The number of guanidine groups is 1. The van der Waals surface area contributed by atoms with Gasteiger partial charge in [-0.1, -0.05) is 0 Å². The van der Waals surface area contributed by atoms with Crippen molar-refractivity contribution in [1.29, 1.82) is 0 Å². The van der Waals surface area contributed by atoms with E-state index >= 15 is 0 Å². The molecule has 4 nitrogen and oxygen atoms in total. The minimum Gasteiger partial charge on any atom is -0.378 e. The fraction of sp³-hybridized carbons (Fsp3) is 0.909. The zero-order valence-corrected chi connectivity index (χ0v) is 9.91. The molecule has 15 heavy (non-hydrogen) atoms. The molecule has 1 saturated heterocycles. The van der Waals surface area contributed by atoms with Crippen molar-refractivity contribution in [3.8, 4) is 0 Å². The zero-order chi connectivity index (χ0) is 11.1. The fourth-order valence-electron chi connectivity index (χ4n) is 1.69. The molecule has 0 spiro atoms. The molecule has 0 aromatic carbocycles. The molecule has 0 unspecified atom stereocenters. The first-order valence-corrected chi connectivity index (χ1v) is 5.79. The van der Waals surface area contributed by atoms with Crippen LogP contribution in [0.5, 0.6) is 0 Å². The van der Waals surface area contributed by atoms with Crippen LogP contribution in [0.15, 0.2) is 4.99 Å². The molecule has 88 valence electrons. The Balaban J connectivity index is 2.07. The van der Waals surface area contributed by atoms with Crippen LogP contribution in [0, 0.1) is 0 Å². The molecule has 1 rings (SSSR count). The summed E-state index contributed by atoms with van der Waals surface area (Å²) in [7, 11) is 3.81. The van der Waals surface area contributed by atoms with Crippen LogP contribution in [0.1, 0.15) is 32.1 Å². The molecular weight excluding hydrogens is 190 g/mol. The van der Waals surface area contributed by atoms with Crippen LogP contribution in [-0.4, -0.2) is 44.2 Å². The maximum atomic E-state index is 5.68. The Morgan fingerprint density at radius 1 is 1.47 bits per heavy atom. The molecule has 0 saturated carbocycles. The van der Waals surface area contributed by atoms with Crippen molar-refractivity contribution < 1.29 is 4.74 Å². The normalized spacial score (nSPS) is 22.8. The van der Waals surface area contributed by atoms with E-state index in [1.807, 2.05) is 19.0 Å². The van der Waals surface area contributed by atoms with Crippen molar-refractivity contribution in [1.82, 2.24) is 4.90 Å². The van der Waals surface area contributed by atoms with Crippen LogP contribution in [0.4, 0.5) is 0 Å². The lowest BCUT2D eigenvalue weighted by molar-refractivity contribution is 0.0105. The standard InChI is InChI=1S/C11H23N3O/c1-14(2)11(12)13-8-5-7-10-6-3-4-9-15-10/h10H,3-9H2,1-2H3,(H2,12,13)/t10-/m1/s1. The lowest BCUT2D eigenvalue weighted by atomic mass is 10.1. The minimum atomic E-state index is 0.467. The second kappa shape index (κ2) is 6.67. The van der Waals surface area contributed by atoms with Crippen LogP contribution in [-0.2, 0) is 4.74 Å². The predicted octanol–water partition coefficient (Wildman–Crippen LogP) is 1.21. The highest BCUT2D eigenvalue weighted by Crippen LogP contribution is 2.16. The third-order valence-electron chi connectivity index (χ3n) is 2.69. The van der Waals surface area contributed by atoms with Gasteiger partial charge in [-0.05, 0) is 32.1 Å². The highest BCUT2D eigenvalue weighted by atomic mass is 16.5. The van der Waals surface area contributed by atoms with Gasteiger partial charge in [0.15, 0.2) is 5.96 Å². The summed E-state index contributed by atoms with van der Waals surface area (Å²) in [6.45, 7) is 1.75. The molecular formula is C11H23N3O. The molecule has 1 aliphatic rings. The molecule has 0 aromatic heterocycles. The van der Waals surface area contributed by atoms with E-state index in [2.05, 4.69) is 4.99 Å². The number of rotatable bonds is 4. The van der Waals surface area contributed by atoms with Gasteiger partial charge in [-0.3, -0.25) is 4.99 Å². The van der Waals surface area contributed by atoms with Gasteiger partial charge in [0.25, 0.3) is 0 Å². The summed E-state index contributed by atoms with van der Waals surface area (Å²) >= 11 is 0. The maximum Gasteiger partial charge on any atom is 0.190 e. The third-order valence-corrected chi connectivity index (χ3v) is 2.69. The smallest absolute Gasteiger partial charge is 0.190 e. The van der Waals surface area contributed by atoms with Crippen molar-refractivity contribution in [3.63, 3.8) is 0 Å². The first-order valence-electron chi connectivity index (χ1n) is 5.79. The van der Waals surface area contributed by atoms with Crippen molar-refractivity contribution in [2.75, 3.05) is 27.2 Å². The summed E-state index contributed by atoms with van der Waals surface area (Å²) in [5.41, 5.74) is 5.68. The molecule has 0 amide bonds. The lowest BCUT2D eigenvalue weighted by Crippen LogP contribution is -2.30. The largest absolute Gasteiger partial charge is 0.378 e. The Morgan fingerprint density at radius 2 is 2.27 bits per heavy atom.